The van der Waals surface area contributed by atoms with Crippen LogP contribution in [0.25, 0.3) is 0 Å². The van der Waals surface area contributed by atoms with E-state index in [-0.39, 0.29) is 6.03 Å². The number of carbonyl (C=O) groups is 1. The van der Waals surface area contributed by atoms with Gasteiger partial charge in [-0.25, -0.2) is 4.79 Å². The lowest BCUT2D eigenvalue weighted by atomic mass is 10.0. The number of urea groups is 1. The first kappa shape index (κ1) is 18.2. The van der Waals surface area contributed by atoms with Gasteiger partial charge in [-0.05, 0) is 31.7 Å². The standard InChI is InChI=1S/C20H31N3O2/c1-2-23(15-18-10-13-25-16-18)20(24)21-19-8-11-22(12-9-19)14-17-6-4-3-5-7-17/h3-7,18-19H,2,8-16H2,1H3,(H,21,24). The molecule has 1 unspecified atom stereocenters. The molecule has 0 aromatic heterocycles. The maximum atomic E-state index is 12.6. The second-order valence-corrected chi connectivity index (χ2v) is 7.25. The van der Waals surface area contributed by atoms with Gasteiger partial charge in [0.05, 0.1) is 6.61 Å². The Labute approximate surface area is 151 Å². The lowest BCUT2D eigenvalue weighted by molar-refractivity contribution is 0.156. The highest BCUT2D eigenvalue weighted by atomic mass is 16.5. The minimum absolute atomic E-state index is 0.0934. The number of amides is 2. The molecular formula is C20H31N3O2. The normalized spacial score (nSPS) is 22.0. The van der Waals surface area contributed by atoms with Crippen molar-refractivity contribution in [1.82, 2.24) is 15.1 Å². The van der Waals surface area contributed by atoms with Gasteiger partial charge in [-0.2, -0.15) is 0 Å². The summed E-state index contributed by atoms with van der Waals surface area (Å²) in [6.07, 6.45) is 3.13. The molecule has 0 bridgehead atoms. The van der Waals surface area contributed by atoms with Crippen LogP contribution in [-0.4, -0.2) is 61.3 Å². The molecule has 0 spiro atoms. The van der Waals surface area contributed by atoms with E-state index < -0.39 is 0 Å². The molecule has 2 heterocycles. The van der Waals surface area contributed by atoms with Gasteiger partial charge in [0, 0.05) is 51.3 Å². The van der Waals surface area contributed by atoms with E-state index >= 15 is 0 Å². The zero-order chi connectivity index (χ0) is 17.5. The Hall–Kier alpha value is -1.59. The van der Waals surface area contributed by atoms with Gasteiger partial charge in [-0.1, -0.05) is 30.3 Å². The molecule has 0 radical (unpaired) electrons. The molecule has 2 saturated heterocycles. The Morgan fingerprint density at radius 2 is 2.00 bits per heavy atom. The van der Waals surface area contributed by atoms with E-state index in [1.807, 2.05) is 4.90 Å². The fourth-order valence-electron chi connectivity index (χ4n) is 3.74. The second kappa shape index (κ2) is 9.20. The summed E-state index contributed by atoms with van der Waals surface area (Å²) in [5.74, 6) is 0.499. The van der Waals surface area contributed by atoms with E-state index in [0.717, 1.165) is 65.2 Å². The van der Waals surface area contributed by atoms with Crippen LogP contribution in [0.3, 0.4) is 0 Å². The highest BCUT2D eigenvalue weighted by Gasteiger charge is 2.25. The monoisotopic (exact) mass is 345 g/mol. The SMILES string of the molecule is CCN(CC1CCOC1)C(=O)NC1CCN(Cc2ccccc2)CC1. The Kier molecular flexibility index (Phi) is 6.70. The third-order valence-corrected chi connectivity index (χ3v) is 5.34. The van der Waals surface area contributed by atoms with Gasteiger partial charge in [0.1, 0.15) is 0 Å². The maximum absolute atomic E-state index is 12.6. The minimum atomic E-state index is 0.0934. The van der Waals surface area contributed by atoms with E-state index in [0.29, 0.717) is 12.0 Å². The third-order valence-electron chi connectivity index (χ3n) is 5.34. The van der Waals surface area contributed by atoms with Crippen LogP contribution < -0.4 is 5.32 Å². The molecule has 1 atom stereocenters. The van der Waals surface area contributed by atoms with Crippen LogP contribution >= 0.6 is 0 Å². The molecule has 1 aromatic rings. The predicted molar refractivity (Wildman–Crippen MR) is 99.4 cm³/mol. The largest absolute Gasteiger partial charge is 0.381 e. The molecule has 2 fully saturated rings. The summed E-state index contributed by atoms with van der Waals surface area (Å²) >= 11 is 0. The van der Waals surface area contributed by atoms with Crippen molar-refractivity contribution < 1.29 is 9.53 Å². The Bertz CT molecular complexity index is 523. The Morgan fingerprint density at radius 1 is 1.24 bits per heavy atom. The molecule has 0 aliphatic carbocycles. The highest BCUT2D eigenvalue weighted by molar-refractivity contribution is 5.74. The quantitative estimate of drug-likeness (QED) is 0.862. The summed E-state index contributed by atoms with van der Waals surface area (Å²) < 4.78 is 5.43. The summed E-state index contributed by atoms with van der Waals surface area (Å²) in [5, 5.41) is 3.25. The van der Waals surface area contributed by atoms with E-state index in [9.17, 15) is 4.79 Å². The van der Waals surface area contributed by atoms with Crippen molar-refractivity contribution in [1.29, 1.82) is 0 Å². The summed E-state index contributed by atoms with van der Waals surface area (Å²) in [6.45, 7) is 8.35. The first-order valence-electron chi connectivity index (χ1n) is 9.64. The van der Waals surface area contributed by atoms with Crippen molar-refractivity contribution in [2.75, 3.05) is 39.4 Å². The highest BCUT2D eigenvalue weighted by Crippen LogP contribution is 2.16. The molecule has 25 heavy (non-hydrogen) atoms. The second-order valence-electron chi connectivity index (χ2n) is 7.25. The number of piperidine rings is 1. The van der Waals surface area contributed by atoms with Gasteiger partial charge >= 0.3 is 6.03 Å². The van der Waals surface area contributed by atoms with Crippen LogP contribution in [0, 0.1) is 5.92 Å². The van der Waals surface area contributed by atoms with Crippen LogP contribution in [0.2, 0.25) is 0 Å². The third kappa shape index (κ3) is 5.44. The van der Waals surface area contributed by atoms with E-state index in [1.54, 1.807) is 0 Å². The summed E-state index contributed by atoms with van der Waals surface area (Å²) in [5.41, 5.74) is 1.36. The number of rotatable bonds is 6. The van der Waals surface area contributed by atoms with Gasteiger partial charge in [-0.3, -0.25) is 4.90 Å². The van der Waals surface area contributed by atoms with Crippen LogP contribution in [0.1, 0.15) is 31.7 Å². The number of hydrogen-bond acceptors (Lipinski definition) is 3. The molecule has 5 nitrogen and oxygen atoms in total. The van der Waals surface area contributed by atoms with Crippen LogP contribution in [0.5, 0.6) is 0 Å². The summed E-state index contributed by atoms with van der Waals surface area (Å²) in [4.78, 5) is 17.0. The first-order valence-corrected chi connectivity index (χ1v) is 9.64. The lowest BCUT2D eigenvalue weighted by Gasteiger charge is -2.34. The van der Waals surface area contributed by atoms with Crippen molar-refractivity contribution in [3.8, 4) is 0 Å². The number of ether oxygens (including phenoxy) is 1. The molecule has 2 aliphatic rings. The Balaban J connectivity index is 1.40. The molecule has 2 amide bonds. The molecule has 0 saturated carbocycles. The molecule has 3 rings (SSSR count). The number of carbonyl (C=O) groups excluding carboxylic acids is 1. The number of nitrogens with zero attached hydrogens (tertiary/aromatic N) is 2. The average molecular weight is 345 g/mol. The fourth-order valence-corrected chi connectivity index (χ4v) is 3.74. The molecule has 2 aliphatic heterocycles. The van der Waals surface area contributed by atoms with E-state index in [4.69, 9.17) is 4.74 Å². The molecular weight excluding hydrogens is 314 g/mol. The van der Waals surface area contributed by atoms with Crippen LogP contribution in [0.4, 0.5) is 4.79 Å². The van der Waals surface area contributed by atoms with Crippen LogP contribution in [-0.2, 0) is 11.3 Å². The number of likely N-dealkylation sites (tertiary alicyclic amines) is 1. The van der Waals surface area contributed by atoms with Crippen molar-refractivity contribution in [3.05, 3.63) is 35.9 Å². The number of hydrogen-bond donors (Lipinski definition) is 1. The molecule has 1 aromatic carbocycles. The molecule has 5 heteroatoms. The molecule has 1 N–H and O–H groups in total. The topological polar surface area (TPSA) is 44.8 Å². The van der Waals surface area contributed by atoms with Gasteiger partial charge in [0.2, 0.25) is 0 Å². The maximum Gasteiger partial charge on any atom is 0.317 e. The summed E-state index contributed by atoms with van der Waals surface area (Å²) in [6, 6.07) is 11.0. The number of nitrogens with one attached hydrogen (secondary N) is 1. The van der Waals surface area contributed by atoms with Crippen molar-refractivity contribution in [3.63, 3.8) is 0 Å². The zero-order valence-electron chi connectivity index (χ0n) is 15.3. The summed E-state index contributed by atoms with van der Waals surface area (Å²) in [7, 11) is 0. The minimum Gasteiger partial charge on any atom is -0.381 e. The van der Waals surface area contributed by atoms with Crippen molar-refractivity contribution >= 4 is 6.03 Å². The van der Waals surface area contributed by atoms with Gasteiger partial charge in [0.15, 0.2) is 0 Å². The smallest absolute Gasteiger partial charge is 0.317 e. The predicted octanol–water partition coefficient (Wildman–Crippen LogP) is 2.72. The number of benzene rings is 1. The van der Waals surface area contributed by atoms with Gasteiger partial charge in [-0.15, -0.1) is 0 Å². The van der Waals surface area contributed by atoms with Crippen molar-refractivity contribution in [2.24, 2.45) is 5.92 Å². The van der Waals surface area contributed by atoms with E-state index in [1.165, 1.54) is 5.56 Å². The fraction of sp³-hybridized carbons (Fsp3) is 0.650. The van der Waals surface area contributed by atoms with Gasteiger partial charge < -0.3 is 15.0 Å². The van der Waals surface area contributed by atoms with E-state index in [2.05, 4.69) is 47.5 Å². The van der Waals surface area contributed by atoms with Gasteiger partial charge in [0.25, 0.3) is 0 Å². The first-order chi connectivity index (χ1) is 12.2. The molecule has 138 valence electrons. The zero-order valence-corrected chi connectivity index (χ0v) is 15.3. The van der Waals surface area contributed by atoms with Crippen LogP contribution in [0.15, 0.2) is 30.3 Å². The van der Waals surface area contributed by atoms with Crippen molar-refractivity contribution in [2.45, 2.75) is 38.8 Å². The lowest BCUT2D eigenvalue weighted by Crippen LogP contribution is -2.50. The Morgan fingerprint density at radius 3 is 2.64 bits per heavy atom. The average Bonchev–Trinajstić information content (AvgIpc) is 3.15.